The minimum absolute atomic E-state index is 0.0295. The third-order valence-electron chi connectivity index (χ3n) is 8.30. The first-order valence-corrected chi connectivity index (χ1v) is 14.0. The third-order valence-corrected chi connectivity index (χ3v) is 8.30. The summed E-state index contributed by atoms with van der Waals surface area (Å²) in [6.07, 6.45) is -3.18. The van der Waals surface area contributed by atoms with Gasteiger partial charge in [0.2, 0.25) is 0 Å². The number of benzene rings is 3. The van der Waals surface area contributed by atoms with Crippen LogP contribution in [-0.2, 0) is 22.1 Å². The van der Waals surface area contributed by atoms with Crippen LogP contribution in [0.3, 0.4) is 0 Å². The minimum atomic E-state index is -4.55. The zero-order valence-corrected chi connectivity index (χ0v) is 22.8. The van der Waals surface area contributed by atoms with E-state index in [2.05, 4.69) is 0 Å². The summed E-state index contributed by atoms with van der Waals surface area (Å²) in [5, 5.41) is 19.8. The Balaban J connectivity index is 1.24. The van der Waals surface area contributed by atoms with E-state index in [9.17, 15) is 23.1 Å². The maximum atomic E-state index is 14.2. The van der Waals surface area contributed by atoms with Crippen LogP contribution in [0, 0.1) is 0 Å². The number of carboxylic acids is 1. The molecule has 2 N–H and O–H groups in total. The predicted molar refractivity (Wildman–Crippen MR) is 146 cm³/mol. The smallest absolute Gasteiger partial charge is 0.417 e. The van der Waals surface area contributed by atoms with Crippen molar-refractivity contribution in [2.24, 2.45) is 0 Å². The van der Waals surface area contributed by atoms with Crippen LogP contribution in [0.25, 0.3) is 11.1 Å². The minimum Gasteiger partial charge on any atom is -0.492 e. The monoisotopic (exact) mass is 584 g/mol. The van der Waals surface area contributed by atoms with Crippen molar-refractivity contribution in [3.05, 3.63) is 76.9 Å². The number of ether oxygens (including phenoxy) is 4. The first-order chi connectivity index (χ1) is 20.1. The number of aliphatic hydroxyl groups is 1. The number of fused-ring (bicyclic) bond motifs is 2. The molecule has 6 rings (SSSR count). The number of carboxylic acid groups (broad SMARTS) is 1. The first kappa shape index (κ1) is 28.4. The van der Waals surface area contributed by atoms with E-state index in [0.717, 1.165) is 11.6 Å². The molecule has 0 bridgehead atoms. The number of hydrogen-bond acceptors (Lipinski definition) is 6. The van der Waals surface area contributed by atoms with Gasteiger partial charge >= 0.3 is 12.1 Å². The molecule has 2 heterocycles. The topological polar surface area (TPSA) is 94.5 Å². The Morgan fingerprint density at radius 1 is 1.00 bits per heavy atom. The molecular weight excluding hydrogens is 553 g/mol. The van der Waals surface area contributed by atoms with Gasteiger partial charge in [0.05, 0.1) is 18.6 Å². The second kappa shape index (κ2) is 11.1. The molecule has 0 aromatic heterocycles. The Bertz CT molecular complexity index is 1460. The molecule has 0 spiro atoms. The first-order valence-electron chi connectivity index (χ1n) is 14.0. The van der Waals surface area contributed by atoms with Gasteiger partial charge in [-0.05, 0) is 59.4 Å². The Labute approximate surface area is 240 Å². The summed E-state index contributed by atoms with van der Waals surface area (Å²) in [5.74, 6) is 0.410. The molecule has 0 saturated carbocycles. The summed E-state index contributed by atoms with van der Waals surface area (Å²) in [7, 11) is 0. The number of hydrogen-bond donors (Lipinski definition) is 2. The van der Waals surface area contributed by atoms with Gasteiger partial charge in [-0.2, -0.15) is 13.2 Å². The van der Waals surface area contributed by atoms with Crippen LogP contribution in [0.1, 0.15) is 60.0 Å². The van der Waals surface area contributed by atoms with Crippen LogP contribution in [-0.4, -0.2) is 48.2 Å². The third kappa shape index (κ3) is 5.78. The summed E-state index contributed by atoms with van der Waals surface area (Å²) in [6, 6.07) is 14.4. The maximum absolute atomic E-state index is 14.2. The van der Waals surface area contributed by atoms with E-state index in [-0.39, 0.29) is 31.1 Å². The lowest BCUT2D eigenvalue weighted by atomic mass is 9.91. The molecule has 10 heteroatoms. The van der Waals surface area contributed by atoms with Crippen LogP contribution in [0.2, 0.25) is 0 Å². The zero-order chi connectivity index (χ0) is 29.5. The number of aliphatic carboxylic acids is 1. The summed E-state index contributed by atoms with van der Waals surface area (Å²) in [6.45, 7) is 1.27. The molecule has 1 fully saturated rings. The molecule has 3 aliphatic rings. The van der Waals surface area contributed by atoms with Crippen molar-refractivity contribution in [1.29, 1.82) is 0 Å². The summed E-state index contributed by atoms with van der Waals surface area (Å²) in [5.41, 5.74) is 0.970. The van der Waals surface area contributed by atoms with Crippen LogP contribution in [0.5, 0.6) is 17.2 Å². The van der Waals surface area contributed by atoms with Crippen molar-refractivity contribution in [2.75, 3.05) is 26.4 Å². The average Bonchev–Trinajstić information content (AvgIpc) is 3.55. The molecule has 42 heavy (non-hydrogen) atoms. The van der Waals surface area contributed by atoms with Gasteiger partial charge in [-0.3, -0.25) is 4.79 Å². The Morgan fingerprint density at radius 3 is 2.43 bits per heavy atom. The van der Waals surface area contributed by atoms with E-state index >= 15 is 0 Å². The lowest BCUT2D eigenvalue weighted by molar-refractivity contribution is -0.138. The standard InChI is InChI=1S/C32H31F3O7/c33-32(34,35)26-9-7-24-25(30(26)19-1-3-21(4-2-19)41-18-31(38)11-13-39-14-12-31)8-10-27(24)42-22-5-6-23-20(15-29(36)37)17-40-28(23)16-22/h1-7,9,16,20,27,38H,8,10-15,17-18H2,(H,36,37)/t20?,27-/m1/s1. The fourth-order valence-corrected chi connectivity index (χ4v) is 6.06. The van der Waals surface area contributed by atoms with Crippen LogP contribution in [0.15, 0.2) is 54.6 Å². The molecule has 7 nitrogen and oxygen atoms in total. The fraction of sp³-hybridized carbons (Fsp3) is 0.406. The largest absolute Gasteiger partial charge is 0.492 e. The highest BCUT2D eigenvalue weighted by molar-refractivity contribution is 5.75. The highest BCUT2D eigenvalue weighted by Gasteiger charge is 2.38. The van der Waals surface area contributed by atoms with Gasteiger partial charge in [0.1, 0.15) is 35.6 Å². The SMILES string of the molecule is O=C(O)CC1COc2cc(O[C@@H]3CCc4c3ccc(C(F)(F)F)c4-c3ccc(OCC4(O)CCOCC4)cc3)ccc21. The Kier molecular flexibility index (Phi) is 7.53. The number of halogens is 3. The second-order valence-corrected chi connectivity index (χ2v) is 11.2. The van der Waals surface area contributed by atoms with Crippen molar-refractivity contribution in [2.45, 2.75) is 55.9 Å². The quantitative estimate of drug-likeness (QED) is 0.321. The van der Waals surface area contributed by atoms with Gasteiger partial charge in [-0.15, -0.1) is 0 Å². The zero-order valence-electron chi connectivity index (χ0n) is 22.8. The molecule has 0 amide bonds. The highest BCUT2D eigenvalue weighted by atomic mass is 19.4. The van der Waals surface area contributed by atoms with Crippen molar-refractivity contribution in [3.63, 3.8) is 0 Å². The number of rotatable bonds is 8. The summed E-state index contributed by atoms with van der Waals surface area (Å²) in [4.78, 5) is 11.1. The van der Waals surface area contributed by atoms with E-state index in [4.69, 9.17) is 24.1 Å². The second-order valence-electron chi connectivity index (χ2n) is 11.2. The van der Waals surface area contributed by atoms with Gasteiger partial charge in [0, 0.05) is 43.6 Å². The molecule has 1 saturated heterocycles. The molecule has 3 aromatic carbocycles. The van der Waals surface area contributed by atoms with Crippen LogP contribution >= 0.6 is 0 Å². The Morgan fingerprint density at radius 2 is 1.71 bits per heavy atom. The highest BCUT2D eigenvalue weighted by Crippen LogP contribution is 2.47. The van der Waals surface area contributed by atoms with Crippen molar-refractivity contribution < 1.29 is 47.1 Å². The molecule has 2 atom stereocenters. The molecule has 1 aliphatic carbocycles. The Hall–Kier alpha value is -3.76. The summed E-state index contributed by atoms with van der Waals surface area (Å²) >= 11 is 0. The van der Waals surface area contributed by atoms with Crippen molar-refractivity contribution >= 4 is 5.97 Å². The molecule has 1 unspecified atom stereocenters. The van der Waals surface area contributed by atoms with E-state index in [1.165, 1.54) is 6.07 Å². The van der Waals surface area contributed by atoms with Gasteiger partial charge in [-0.1, -0.05) is 24.3 Å². The normalized spacial score (nSPS) is 20.9. The van der Waals surface area contributed by atoms with Gasteiger partial charge in [-0.25, -0.2) is 0 Å². The molecular formula is C32H31F3O7. The van der Waals surface area contributed by atoms with Gasteiger partial charge < -0.3 is 29.2 Å². The molecule has 3 aromatic rings. The number of alkyl halides is 3. The molecule has 2 aliphatic heterocycles. The van der Waals surface area contributed by atoms with E-state index in [0.29, 0.717) is 72.8 Å². The van der Waals surface area contributed by atoms with Crippen molar-refractivity contribution in [1.82, 2.24) is 0 Å². The molecule has 0 radical (unpaired) electrons. The van der Waals surface area contributed by atoms with E-state index in [1.807, 2.05) is 0 Å². The fourth-order valence-electron chi connectivity index (χ4n) is 6.06. The average molecular weight is 585 g/mol. The maximum Gasteiger partial charge on any atom is 0.417 e. The van der Waals surface area contributed by atoms with Crippen molar-refractivity contribution in [3.8, 4) is 28.4 Å². The van der Waals surface area contributed by atoms with E-state index in [1.54, 1.807) is 42.5 Å². The lowest BCUT2D eigenvalue weighted by Gasteiger charge is -2.31. The van der Waals surface area contributed by atoms with Crippen LogP contribution in [0.4, 0.5) is 13.2 Å². The van der Waals surface area contributed by atoms with E-state index < -0.39 is 29.4 Å². The molecule has 222 valence electrons. The van der Waals surface area contributed by atoms with Gasteiger partial charge in [0.25, 0.3) is 0 Å². The summed E-state index contributed by atoms with van der Waals surface area (Å²) < 4.78 is 65.6. The predicted octanol–water partition coefficient (Wildman–Crippen LogP) is 6.31. The van der Waals surface area contributed by atoms with Gasteiger partial charge in [0.15, 0.2) is 0 Å². The number of carbonyl (C=O) groups is 1. The van der Waals surface area contributed by atoms with Crippen LogP contribution < -0.4 is 14.2 Å². The lowest BCUT2D eigenvalue weighted by Crippen LogP contribution is -2.41.